The number of imide groups is 1. The maximum Gasteiger partial charge on any atom is 0.324 e. The van der Waals surface area contributed by atoms with Crippen molar-refractivity contribution < 1.29 is 14.4 Å². The van der Waals surface area contributed by atoms with E-state index < -0.39 is 12.1 Å². The van der Waals surface area contributed by atoms with E-state index in [2.05, 4.69) is 20.6 Å². The lowest BCUT2D eigenvalue weighted by atomic mass is 10.1. The minimum absolute atomic E-state index is 0.0889. The summed E-state index contributed by atoms with van der Waals surface area (Å²) in [5.41, 5.74) is 2.92. The van der Waals surface area contributed by atoms with Gasteiger partial charge in [0, 0.05) is 42.6 Å². The van der Waals surface area contributed by atoms with Crippen LogP contribution >= 0.6 is 0 Å². The zero-order chi connectivity index (χ0) is 20.2. The summed E-state index contributed by atoms with van der Waals surface area (Å²) in [7, 11) is 0. The number of carbonyl (C=O) groups is 3. The van der Waals surface area contributed by atoms with Crippen LogP contribution in [0.1, 0.15) is 17.5 Å². The fourth-order valence-corrected chi connectivity index (χ4v) is 3.46. The predicted octanol–water partition coefficient (Wildman–Crippen LogP) is 1.73. The first-order valence-electron chi connectivity index (χ1n) is 9.44. The molecule has 1 aliphatic rings. The second kappa shape index (κ2) is 8.14. The lowest BCUT2D eigenvalue weighted by Crippen LogP contribution is -2.36. The molecule has 4 amide bonds. The van der Waals surface area contributed by atoms with Crippen molar-refractivity contribution >= 4 is 28.7 Å². The molecule has 1 saturated heterocycles. The Balaban J connectivity index is 1.31. The number of pyridine rings is 1. The molecule has 0 unspecified atom stereocenters. The van der Waals surface area contributed by atoms with Crippen LogP contribution in [0.5, 0.6) is 0 Å². The highest BCUT2D eigenvalue weighted by Crippen LogP contribution is 2.19. The van der Waals surface area contributed by atoms with E-state index in [9.17, 15) is 14.4 Å². The molecule has 8 heteroatoms. The van der Waals surface area contributed by atoms with Gasteiger partial charge in [0.25, 0.3) is 5.91 Å². The number of fused-ring (bicyclic) bond motifs is 1. The molecule has 0 spiro atoms. The van der Waals surface area contributed by atoms with E-state index in [0.29, 0.717) is 13.0 Å². The molecule has 2 aromatic heterocycles. The second-order valence-electron chi connectivity index (χ2n) is 6.94. The summed E-state index contributed by atoms with van der Waals surface area (Å²) in [5.74, 6) is -0.669. The summed E-state index contributed by atoms with van der Waals surface area (Å²) in [6, 6.07) is 10.2. The lowest BCUT2D eigenvalue weighted by molar-refractivity contribution is -0.130. The average Bonchev–Trinajstić information content (AvgIpc) is 3.26. The third kappa shape index (κ3) is 4.11. The smallest absolute Gasteiger partial charge is 0.324 e. The summed E-state index contributed by atoms with van der Waals surface area (Å²) >= 11 is 0. The molecule has 148 valence electrons. The summed E-state index contributed by atoms with van der Waals surface area (Å²) < 4.78 is 0. The van der Waals surface area contributed by atoms with Gasteiger partial charge in [-0.2, -0.15) is 0 Å². The molecule has 4 rings (SSSR count). The van der Waals surface area contributed by atoms with Crippen molar-refractivity contribution in [3.05, 3.63) is 66.1 Å². The van der Waals surface area contributed by atoms with Gasteiger partial charge >= 0.3 is 6.03 Å². The standard InChI is InChI=1S/C21H21N5O3/c27-19(24-12-14-4-3-8-22-11-14)10-18-20(28)26(21(29)25-18)9-7-15-13-23-17-6-2-1-5-16(15)17/h1-6,8,11,13,18,23H,7,9-10,12H2,(H,24,27)(H,25,29)/t18-/m1/s1. The Bertz CT molecular complexity index is 1050. The third-order valence-corrected chi connectivity index (χ3v) is 4.99. The van der Waals surface area contributed by atoms with Crippen molar-refractivity contribution in [1.29, 1.82) is 0 Å². The molecule has 3 aromatic rings. The molecule has 1 aliphatic heterocycles. The molecule has 3 heterocycles. The average molecular weight is 391 g/mol. The van der Waals surface area contributed by atoms with E-state index in [1.165, 1.54) is 4.90 Å². The summed E-state index contributed by atoms with van der Waals surface area (Å²) in [5, 5.41) is 6.43. The molecule has 1 fully saturated rings. The Morgan fingerprint density at radius 2 is 2.03 bits per heavy atom. The van der Waals surface area contributed by atoms with Gasteiger partial charge in [-0.05, 0) is 29.7 Å². The number of nitrogens with zero attached hydrogens (tertiary/aromatic N) is 2. The van der Waals surface area contributed by atoms with Crippen LogP contribution in [0.25, 0.3) is 10.9 Å². The van der Waals surface area contributed by atoms with Crippen LogP contribution in [0.3, 0.4) is 0 Å². The molecule has 8 nitrogen and oxygen atoms in total. The summed E-state index contributed by atoms with van der Waals surface area (Å²) in [6.07, 6.45) is 5.67. The first kappa shape index (κ1) is 18.7. The Morgan fingerprint density at radius 3 is 2.86 bits per heavy atom. The zero-order valence-electron chi connectivity index (χ0n) is 15.7. The van der Waals surface area contributed by atoms with Crippen molar-refractivity contribution in [2.24, 2.45) is 0 Å². The number of H-pyrrole nitrogens is 1. The highest BCUT2D eigenvalue weighted by molar-refractivity contribution is 6.05. The lowest BCUT2D eigenvalue weighted by Gasteiger charge is -2.12. The van der Waals surface area contributed by atoms with Gasteiger partial charge in [-0.15, -0.1) is 0 Å². The predicted molar refractivity (Wildman–Crippen MR) is 107 cm³/mol. The molecule has 1 aromatic carbocycles. The van der Waals surface area contributed by atoms with Crippen molar-refractivity contribution in [1.82, 2.24) is 25.5 Å². The molecule has 3 N–H and O–H groups in total. The quantitative estimate of drug-likeness (QED) is 0.533. The first-order chi connectivity index (χ1) is 14.1. The SMILES string of the molecule is O=C(C[C@H]1NC(=O)N(CCc2c[nH]c3ccccc23)C1=O)NCc1cccnc1. The van der Waals surface area contributed by atoms with Gasteiger partial charge in [-0.3, -0.25) is 19.5 Å². The van der Waals surface area contributed by atoms with Crippen molar-refractivity contribution in [2.45, 2.75) is 25.4 Å². The van der Waals surface area contributed by atoms with Crippen LogP contribution in [-0.4, -0.2) is 45.3 Å². The van der Waals surface area contributed by atoms with E-state index in [1.54, 1.807) is 18.5 Å². The van der Waals surface area contributed by atoms with Gasteiger partial charge in [-0.25, -0.2) is 4.79 Å². The van der Waals surface area contributed by atoms with Crippen molar-refractivity contribution in [3.63, 3.8) is 0 Å². The molecule has 0 aliphatic carbocycles. The minimum atomic E-state index is -0.834. The van der Waals surface area contributed by atoms with Gasteiger partial charge < -0.3 is 15.6 Å². The monoisotopic (exact) mass is 391 g/mol. The van der Waals surface area contributed by atoms with Crippen LogP contribution in [0.15, 0.2) is 55.0 Å². The molecule has 0 bridgehead atoms. The number of hydrogen-bond donors (Lipinski definition) is 3. The summed E-state index contributed by atoms with van der Waals surface area (Å²) in [6.45, 7) is 0.589. The van der Waals surface area contributed by atoms with Crippen LogP contribution in [0.2, 0.25) is 0 Å². The maximum absolute atomic E-state index is 12.6. The number of amides is 4. The van der Waals surface area contributed by atoms with Crippen molar-refractivity contribution in [2.75, 3.05) is 6.54 Å². The highest BCUT2D eigenvalue weighted by Gasteiger charge is 2.38. The maximum atomic E-state index is 12.6. The van der Waals surface area contributed by atoms with Gasteiger partial charge in [0.05, 0.1) is 6.42 Å². The number of aromatic amines is 1. The van der Waals surface area contributed by atoms with E-state index in [1.807, 2.05) is 36.5 Å². The van der Waals surface area contributed by atoms with Gasteiger partial charge in [0.1, 0.15) is 6.04 Å². The molecule has 0 saturated carbocycles. The second-order valence-corrected chi connectivity index (χ2v) is 6.94. The molecular formula is C21H21N5O3. The van der Waals surface area contributed by atoms with Gasteiger partial charge in [0.2, 0.25) is 5.91 Å². The van der Waals surface area contributed by atoms with Crippen LogP contribution in [-0.2, 0) is 22.6 Å². The topological polar surface area (TPSA) is 107 Å². The number of hydrogen-bond acceptors (Lipinski definition) is 4. The Kier molecular flexibility index (Phi) is 5.24. The number of carbonyl (C=O) groups excluding carboxylic acids is 3. The first-order valence-corrected chi connectivity index (χ1v) is 9.44. The fraction of sp³-hybridized carbons (Fsp3) is 0.238. The van der Waals surface area contributed by atoms with E-state index in [0.717, 1.165) is 22.0 Å². The Morgan fingerprint density at radius 1 is 1.17 bits per heavy atom. The van der Waals surface area contributed by atoms with Gasteiger partial charge in [0.15, 0.2) is 0 Å². The molecule has 1 atom stereocenters. The normalized spacial score (nSPS) is 16.3. The fourth-order valence-electron chi connectivity index (χ4n) is 3.46. The minimum Gasteiger partial charge on any atom is -0.361 e. The van der Waals surface area contributed by atoms with E-state index >= 15 is 0 Å². The summed E-state index contributed by atoms with van der Waals surface area (Å²) in [4.78, 5) is 45.3. The van der Waals surface area contributed by atoms with Crippen LogP contribution in [0.4, 0.5) is 4.79 Å². The molecule has 29 heavy (non-hydrogen) atoms. The largest absolute Gasteiger partial charge is 0.361 e. The van der Waals surface area contributed by atoms with E-state index in [-0.39, 0.29) is 24.8 Å². The number of rotatable bonds is 7. The zero-order valence-corrected chi connectivity index (χ0v) is 15.7. The number of aromatic nitrogens is 2. The highest BCUT2D eigenvalue weighted by atomic mass is 16.2. The van der Waals surface area contributed by atoms with Crippen LogP contribution < -0.4 is 10.6 Å². The number of para-hydroxylation sites is 1. The Hall–Kier alpha value is -3.68. The van der Waals surface area contributed by atoms with Crippen LogP contribution in [0, 0.1) is 0 Å². The van der Waals surface area contributed by atoms with Crippen molar-refractivity contribution in [3.8, 4) is 0 Å². The Labute approximate surface area is 167 Å². The number of urea groups is 1. The van der Waals surface area contributed by atoms with Gasteiger partial charge in [-0.1, -0.05) is 24.3 Å². The third-order valence-electron chi connectivity index (χ3n) is 4.99. The number of nitrogens with one attached hydrogen (secondary N) is 3. The van der Waals surface area contributed by atoms with E-state index in [4.69, 9.17) is 0 Å². The molecule has 0 radical (unpaired) electrons. The number of benzene rings is 1. The molecular weight excluding hydrogens is 370 g/mol.